The summed E-state index contributed by atoms with van der Waals surface area (Å²) in [6, 6.07) is 5.74. The van der Waals surface area contributed by atoms with Gasteiger partial charge in [0.2, 0.25) is 0 Å². The Balaban J connectivity index is 2.91. The molecule has 1 rings (SSSR count). The number of anilines is 1. The Kier molecular flexibility index (Phi) is 4.21. The maximum absolute atomic E-state index is 11.9. The lowest BCUT2D eigenvalue weighted by Crippen LogP contribution is -2.27. The molecule has 0 saturated heterocycles. The molecule has 0 aliphatic heterocycles. The number of nitrogens with zero attached hydrogens (tertiary/aromatic N) is 3. The average molecular weight is 248 g/mol. The molecule has 0 atom stereocenters. The van der Waals surface area contributed by atoms with Gasteiger partial charge in [0.05, 0.1) is 17.4 Å². The Bertz CT molecular complexity index is 522. The van der Waals surface area contributed by atoms with Gasteiger partial charge in [0.25, 0.3) is 11.6 Å². The van der Waals surface area contributed by atoms with Crippen LogP contribution in [-0.4, -0.2) is 29.3 Å². The first-order valence-electron chi connectivity index (χ1n) is 5.13. The lowest BCUT2D eigenvalue weighted by atomic mass is 10.1. The molecule has 0 fully saturated rings. The van der Waals surface area contributed by atoms with Crippen molar-refractivity contribution in [1.82, 2.24) is 4.90 Å². The van der Waals surface area contributed by atoms with Crippen LogP contribution in [0.5, 0.6) is 0 Å². The van der Waals surface area contributed by atoms with Gasteiger partial charge in [-0.3, -0.25) is 14.9 Å². The highest BCUT2D eigenvalue weighted by molar-refractivity contribution is 5.95. The lowest BCUT2D eigenvalue weighted by Gasteiger charge is -2.15. The SMILES string of the molecule is CN(CCC#N)C(=O)c1ccc([N+](=O)[O-])c(N)c1. The van der Waals surface area contributed by atoms with Crippen molar-refractivity contribution in [2.75, 3.05) is 19.3 Å². The van der Waals surface area contributed by atoms with Crippen LogP contribution >= 0.6 is 0 Å². The van der Waals surface area contributed by atoms with Crippen molar-refractivity contribution < 1.29 is 9.72 Å². The molecule has 94 valence electrons. The van der Waals surface area contributed by atoms with E-state index in [1.54, 1.807) is 7.05 Å². The molecule has 0 bridgehead atoms. The monoisotopic (exact) mass is 248 g/mol. The Morgan fingerprint density at radius 3 is 2.78 bits per heavy atom. The third-order valence-electron chi connectivity index (χ3n) is 2.38. The zero-order chi connectivity index (χ0) is 13.7. The maximum Gasteiger partial charge on any atom is 0.292 e. The van der Waals surface area contributed by atoms with E-state index in [1.165, 1.54) is 23.1 Å². The van der Waals surface area contributed by atoms with Crippen molar-refractivity contribution in [3.8, 4) is 6.07 Å². The van der Waals surface area contributed by atoms with Gasteiger partial charge in [-0.2, -0.15) is 5.26 Å². The number of rotatable bonds is 4. The molecule has 0 unspecified atom stereocenters. The number of carbonyl (C=O) groups is 1. The zero-order valence-electron chi connectivity index (χ0n) is 9.79. The summed E-state index contributed by atoms with van der Waals surface area (Å²) in [4.78, 5) is 23.2. The van der Waals surface area contributed by atoms with E-state index in [-0.39, 0.29) is 29.3 Å². The second-order valence-electron chi connectivity index (χ2n) is 3.67. The molecule has 7 nitrogen and oxygen atoms in total. The number of hydrogen-bond donors (Lipinski definition) is 1. The molecular formula is C11H12N4O3. The van der Waals surface area contributed by atoms with Crippen LogP contribution in [0.2, 0.25) is 0 Å². The van der Waals surface area contributed by atoms with E-state index < -0.39 is 4.92 Å². The topological polar surface area (TPSA) is 113 Å². The summed E-state index contributed by atoms with van der Waals surface area (Å²) in [6.07, 6.45) is 0.227. The maximum atomic E-state index is 11.9. The number of nitrogens with two attached hydrogens (primary N) is 1. The molecule has 0 aromatic heterocycles. The van der Waals surface area contributed by atoms with Gasteiger partial charge in [0, 0.05) is 25.2 Å². The molecule has 0 spiro atoms. The van der Waals surface area contributed by atoms with Crippen molar-refractivity contribution in [1.29, 1.82) is 5.26 Å². The summed E-state index contributed by atoms with van der Waals surface area (Å²) in [5.74, 6) is -0.327. The molecule has 0 saturated carbocycles. The van der Waals surface area contributed by atoms with Crippen LogP contribution in [0.1, 0.15) is 16.8 Å². The number of amides is 1. The van der Waals surface area contributed by atoms with Gasteiger partial charge < -0.3 is 10.6 Å². The Morgan fingerprint density at radius 1 is 1.61 bits per heavy atom. The van der Waals surface area contributed by atoms with Crippen molar-refractivity contribution in [3.63, 3.8) is 0 Å². The first-order valence-corrected chi connectivity index (χ1v) is 5.13. The van der Waals surface area contributed by atoms with Crippen molar-refractivity contribution >= 4 is 17.3 Å². The fraction of sp³-hybridized carbons (Fsp3) is 0.273. The van der Waals surface area contributed by atoms with E-state index in [9.17, 15) is 14.9 Å². The average Bonchev–Trinajstić information content (AvgIpc) is 2.34. The molecule has 2 N–H and O–H groups in total. The van der Waals surface area contributed by atoms with E-state index in [2.05, 4.69) is 0 Å². The molecule has 1 aromatic carbocycles. The summed E-state index contributed by atoms with van der Waals surface area (Å²) in [5.41, 5.74) is 5.47. The summed E-state index contributed by atoms with van der Waals surface area (Å²) in [7, 11) is 1.55. The highest BCUT2D eigenvalue weighted by Crippen LogP contribution is 2.22. The Morgan fingerprint density at radius 2 is 2.28 bits per heavy atom. The summed E-state index contributed by atoms with van der Waals surface area (Å²) < 4.78 is 0. The van der Waals surface area contributed by atoms with Crippen LogP contribution in [0.25, 0.3) is 0 Å². The van der Waals surface area contributed by atoms with Crippen LogP contribution < -0.4 is 5.73 Å². The molecule has 0 heterocycles. The van der Waals surface area contributed by atoms with Crippen LogP contribution in [0.4, 0.5) is 11.4 Å². The standard InChI is InChI=1S/C11H12N4O3/c1-14(6-2-5-12)11(16)8-3-4-10(15(17)18)9(13)7-8/h3-4,7H,2,6,13H2,1H3. The highest BCUT2D eigenvalue weighted by atomic mass is 16.6. The first-order chi connectivity index (χ1) is 8.47. The Hall–Kier alpha value is -2.62. The molecule has 0 aliphatic carbocycles. The van der Waals surface area contributed by atoms with E-state index in [1.807, 2.05) is 6.07 Å². The minimum atomic E-state index is -0.608. The second kappa shape index (κ2) is 5.63. The third kappa shape index (κ3) is 2.95. The van der Waals surface area contributed by atoms with E-state index in [0.717, 1.165) is 0 Å². The molecule has 1 amide bonds. The third-order valence-corrected chi connectivity index (χ3v) is 2.38. The normalized spacial score (nSPS) is 9.56. The van der Waals surface area contributed by atoms with Gasteiger partial charge in [-0.1, -0.05) is 0 Å². The number of benzene rings is 1. The number of nitrogen functional groups attached to an aromatic ring is 1. The van der Waals surface area contributed by atoms with Crippen LogP contribution in [0.3, 0.4) is 0 Å². The van der Waals surface area contributed by atoms with E-state index in [4.69, 9.17) is 11.0 Å². The number of nitriles is 1. The Labute approximate surface area is 104 Å². The summed E-state index contributed by atoms with van der Waals surface area (Å²) in [6.45, 7) is 0.298. The number of hydrogen-bond acceptors (Lipinski definition) is 5. The van der Waals surface area contributed by atoms with Crippen LogP contribution in [-0.2, 0) is 0 Å². The van der Waals surface area contributed by atoms with Crippen LogP contribution in [0, 0.1) is 21.4 Å². The highest BCUT2D eigenvalue weighted by Gasteiger charge is 2.16. The number of nitro benzene ring substituents is 1. The molecule has 18 heavy (non-hydrogen) atoms. The van der Waals surface area contributed by atoms with Gasteiger partial charge in [-0.25, -0.2) is 0 Å². The molecule has 0 radical (unpaired) electrons. The molecule has 0 aliphatic rings. The van der Waals surface area contributed by atoms with Gasteiger partial charge in [-0.15, -0.1) is 0 Å². The number of carbonyl (C=O) groups excluding carboxylic acids is 1. The zero-order valence-corrected chi connectivity index (χ0v) is 9.79. The number of nitro groups is 1. The quantitative estimate of drug-likeness (QED) is 0.488. The minimum Gasteiger partial charge on any atom is -0.393 e. The largest absolute Gasteiger partial charge is 0.393 e. The second-order valence-corrected chi connectivity index (χ2v) is 3.67. The van der Waals surface area contributed by atoms with E-state index in [0.29, 0.717) is 6.54 Å². The summed E-state index contributed by atoms with van der Waals surface area (Å²) >= 11 is 0. The first kappa shape index (κ1) is 13.4. The van der Waals surface area contributed by atoms with Gasteiger partial charge in [0.15, 0.2) is 0 Å². The lowest BCUT2D eigenvalue weighted by molar-refractivity contribution is -0.383. The predicted octanol–water partition coefficient (Wildman–Crippen LogP) is 1.16. The van der Waals surface area contributed by atoms with Gasteiger partial charge in [0.1, 0.15) is 5.69 Å². The fourth-order valence-electron chi connectivity index (χ4n) is 1.39. The van der Waals surface area contributed by atoms with Crippen LogP contribution in [0.15, 0.2) is 18.2 Å². The molecule has 1 aromatic rings. The molecular weight excluding hydrogens is 236 g/mol. The molecule has 7 heteroatoms. The summed E-state index contributed by atoms with van der Waals surface area (Å²) in [5, 5.41) is 19.0. The van der Waals surface area contributed by atoms with Gasteiger partial charge in [-0.05, 0) is 12.1 Å². The van der Waals surface area contributed by atoms with Crippen molar-refractivity contribution in [2.45, 2.75) is 6.42 Å². The van der Waals surface area contributed by atoms with Crippen molar-refractivity contribution in [3.05, 3.63) is 33.9 Å². The van der Waals surface area contributed by atoms with Gasteiger partial charge >= 0.3 is 0 Å². The minimum absolute atomic E-state index is 0.0560. The smallest absolute Gasteiger partial charge is 0.292 e. The van der Waals surface area contributed by atoms with E-state index >= 15 is 0 Å². The fourth-order valence-corrected chi connectivity index (χ4v) is 1.39. The van der Waals surface area contributed by atoms with Crippen molar-refractivity contribution in [2.24, 2.45) is 0 Å². The predicted molar refractivity (Wildman–Crippen MR) is 64.7 cm³/mol.